The Morgan fingerprint density at radius 3 is 2.62 bits per heavy atom. The van der Waals surface area contributed by atoms with E-state index in [1.807, 2.05) is 31.3 Å². The molecule has 0 unspecified atom stereocenters. The topological polar surface area (TPSA) is 41.3 Å². The zero-order valence-corrected chi connectivity index (χ0v) is 15.6. The number of piperidine rings is 1. The molecule has 1 fully saturated rings. The molecule has 4 nitrogen and oxygen atoms in total. The van der Waals surface area contributed by atoms with E-state index in [-0.39, 0.29) is 12.4 Å². The summed E-state index contributed by atoms with van der Waals surface area (Å²) in [6, 6.07) is 7.59. The van der Waals surface area contributed by atoms with Crippen molar-refractivity contribution in [1.29, 1.82) is 0 Å². The van der Waals surface area contributed by atoms with E-state index in [0.29, 0.717) is 5.89 Å². The lowest BCUT2D eigenvalue weighted by atomic mass is 9.93. The van der Waals surface area contributed by atoms with Crippen molar-refractivity contribution < 1.29 is 4.42 Å². The van der Waals surface area contributed by atoms with E-state index in [0.717, 1.165) is 48.4 Å². The van der Waals surface area contributed by atoms with E-state index >= 15 is 0 Å². The fourth-order valence-electron chi connectivity index (χ4n) is 3.12. The Hall–Kier alpha value is -1.07. The number of hydrogen-bond donors (Lipinski definition) is 1. The highest BCUT2D eigenvalue weighted by atomic mass is 35.5. The van der Waals surface area contributed by atoms with Gasteiger partial charge in [-0.15, -0.1) is 12.4 Å². The third-order valence-corrected chi connectivity index (χ3v) is 4.79. The zero-order chi connectivity index (χ0) is 16.1. The SMILES string of the molecule is CNCCC1CCN(Cc2coc(-c3ccc(Cl)cc3)n2)CC1.Cl. The average Bonchev–Trinajstić information content (AvgIpc) is 3.03. The van der Waals surface area contributed by atoms with Gasteiger partial charge < -0.3 is 9.73 Å². The number of likely N-dealkylation sites (tertiary alicyclic amines) is 1. The van der Waals surface area contributed by atoms with Crippen LogP contribution in [0.3, 0.4) is 0 Å². The first-order valence-electron chi connectivity index (χ1n) is 8.32. The van der Waals surface area contributed by atoms with Crippen LogP contribution < -0.4 is 5.32 Å². The monoisotopic (exact) mass is 369 g/mol. The average molecular weight is 370 g/mol. The summed E-state index contributed by atoms with van der Waals surface area (Å²) < 4.78 is 5.62. The van der Waals surface area contributed by atoms with Gasteiger partial charge in [0.05, 0.1) is 5.69 Å². The van der Waals surface area contributed by atoms with Gasteiger partial charge in [0.15, 0.2) is 0 Å². The molecular formula is C18H25Cl2N3O. The fourth-order valence-corrected chi connectivity index (χ4v) is 3.24. The van der Waals surface area contributed by atoms with Crippen molar-refractivity contribution in [3.8, 4) is 11.5 Å². The summed E-state index contributed by atoms with van der Waals surface area (Å²) >= 11 is 5.91. The predicted molar refractivity (Wildman–Crippen MR) is 101 cm³/mol. The molecule has 0 saturated carbocycles. The summed E-state index contributed by atoms with van der Waals surface area (Å²) in [5.41, 5.74) is 1.97. The Balaban J connectivity index is 0.00000208. The lowest BCUT2D eigenvalue weighted by molar-refractivity contribution is 0.170. The van der Waals surface area contributed by atoms with Gasteiger partial charge in [-0.1, -0.05) is 11.6 Å². The molecule has 24 heavy (non-hydrogen) atoms. The first-order chi connectivity index (χ1) is 11.2. The normalized spacial score (nSPS) is 16.1. The lowest BCUT2D eigenvalue weighted by Gasteiger charge is -2.31. The number of rotatable bonds is 6. The Morgan fingerprint density at radius 2 is 1.96 bits per heavy atom. The van der Waals surface area contributed by atoms with E-state index in [9.17, 15) is 0 Å². The number of halogens is 2. The van der Waals surface area contributed by atoms with Crippen molar-refractivity contribution in [2.75, 3.05) is 26.7 Å². The lowest BCUT2D eigenvalue weighted by Crippen LogP contribution is -2.34. The van der Waals surface area contributed by atoms with Crippen molar-refractivity contribution in [2.45, 2.75) is 25.8 Å². The third-order valence-electron chi connectivity index (χ3n) is 4.54. The Morgan fingerprint density at radius 1 is 1.25 bits per heavy atom. The molecule has 1 aromatic heterocycles. The van der Waals surface area contributed by atoms with Crippen LogP contribution in [0.5, 0.6) is 0 Å². The van der Waals surface area contributed by atoms with E-state index in [2.05, 4.69) is 15.2 Å². The van der Waals surface area contributed by atoms with Crippen molar-refractivity contribution in [2.24, 2.45) is 5.92 Å². The number of hydrogen-bond acceptors (Lipinski definition) is 4. The summed E-state index contributed by atoms with van der Waals surface area (Å²) in [6.07, 6.45) is 5.62. The van der Waals surface area contributed by atoms with Gasteiger partial charge in [-0.25, -0.2) is 4.98 Å². The standard InChI is InChI=1S/C18H24ClN3O.ClH/c1-20-9-6-14-7-10-22(11-8-14)12-17-13-23-18(21-17)15-2-4-16(19)5-3-15;/h2-5,13-14,20H,6-12H2,1H3;1H. The Labute approximate surface area is 155 Å². The largest absolute Gasteiger partial charge is 0.444 e. The molecule has 0 aliphatic carbocycles. The molecule has 1 aliphatic heterocycles. The quantitative estimate of drug-likeness (QED) is 0.826. The molecule has 6 heteroatoms. The van der Waals surface area contributed by atoms with Gasteiger partial charge in [-0.05, 0) is 76.1 Å². The van der Waals surface area contributed by atoms with Gasteiger partial charge in [0, 0.05) is 17.1 Å². The van der Waals surface area contributed by atoms with Crippen LogP contribution in [-0.4, -0.2) is 36.6 Å². The molecule has 1 saturated heterocycles. The minimum Gasteiger partial charge on any atom is -0.444 e. The van der Waals surface area contributed by atoms with Crippen molar-refractivity contribution in [3.05, 3.63) is 41.2 Å². The molecule has 0 atom stereocenters. The third kappa shape index (κ3) is 5.21. The molecule has 1 aromatic carbocycles. The second-order valence-corrected chi connectivity index (χ2v) is 6.70. The van der Waals surface area contributed by atoms with Crippen LogP contribution in [0.2, 0.25) is 5.02 Å². The number of benzene rings is 1. The van der Waals surface area contributed by atoms with Gasteiger partial charge in [-0.2, -0.15) is 0 Å². The second-order valence-electron chi connectivity index (χ2n) is 6.26. The van der Waals surface area contributed by atoms with E-state index in [1.54, 1.807) is 6.26 Å². The zero-order valence-electron chi connectivity index (χ0n) is 14.0. The highest BCUT2D eigenvalue weighted by molar-refractivity contribution is 6.30. The second kappa shape index (κ2) is 9.42. The summed E-state index contributed by atoms with van der Waals surface area (Å²) in [5, 5.41) is 3.97. The molecule has 0 amide bonds. The highest BCUT2D eigenvalue weighted by Crippen LogP contribution is 2.24. The van der Waals surface area contributed by atoms with E-state index in [4.69, 9.17) is 16.0 Å². The van der Waals surface area contributed by atoms with Crippen LogP contribution in [0, 0.1) is 5.92 Å². The molecule has 0 spiro atoms. The van der Waals surface area contributed by atoms with E-state index in [1.165, 1.54) is 19.3 Å². The van der Waals surface area contributed by atoms with Crippen LogP contribution in [-0.2, 0) is 6.54 Å². The molecule has 2 aromatic rings. The van der Waals surface area contributed by atoms with Gasteiger partial charge in [0.1, 0.15) is 6.26 Å². The maximum Gasteiger partial charge on any atom is 0.226 e. The summed E-state index contributed by atoms with van der Waals surface area (Å²) in [4.78, 5) is 7.08. The molecular weight excluding hydrogens is 345 g/mol. The smallest absolute Gasteiger partial charge is 0.226 e. The fraction of sp³-hybridized carbons (Fsp3) is 0.500. The van der Waals surface area contributed by atoms with Gasteiger partial charge >= 0.3 is 0 Å². The number of oxazole rings is 1. The summed E-state index contributed by atoms with van der Waals surface area (Å²) in [6.45, 7) is 4.29. The van der Waals surface area contributed by atoms with Gasteiger partial charge in [0.25, 0.3) is 0 Å². The molecule has 0 radical (unpaired) electrons. The van der Waals surface area contributed by atoms with Crippen molar-refractivity contribution >= 4 is 24.0 Å². The molecule has 3 rings (SSSR count). The molecule has 0 bridgehead atoms. The predicted octanol–water partition coefficient (Wildman–Crippen LogP) is 4.24. The van der Waals surface area contributed by atoms with Crippen LogP contribution in [0.15, 0.2) is 34.9 Å². The maximum atomic E-state index is 5.91. The minimum atomic E-state index is 0. The summed E-state index contributed by atoms with van der Waals surface area (Å²) in [5.74, 6) is 1.53. The molecule has 2 heterocycles. The first kappa shape index (κ1) is 19.3. The Kier molecular flexibility index (Phi) is 7.56. The van der Waals surface area contributed by atoms with Crippen molar-refractivity contribution in [1.82, 2.24) is 15.2 Å². The van der Waals surface area contributed by atoms with Crippen LogP contribution in [0.25, 0.3) is 11.5 Å². The molecule has 132 valence electrons. The molecule has 1 N–H and O–H groups in total. The van der Waals surface area contributed by atoms with Crippen LogP contribution in [0.1, 0.15) is 25.0 Å². The first-order valence-corrected chi connectivity index (χ1v) is 8.69. The summed E-state index contributed by atoms with van der Waals surface area (Å²) in [7, 11) is 2.03. The van der Waals surface area contributed by atoms with Crippen molar-refractivity contribution in [3.63, 3.8) is 0 Å². The van der Waals surface area contributed by atoms with E-state index < -0.39 is 0 Å². The minimum absolute atomic E-state index is 0. The van der Waals surface area contributed by atoms with Crippen LogP contribution in [0.4, 0.5) is 0 Å². The van der Waals surface area contributed by atoms with Gasteiger partial charge in [0.2, 0.25) is 5.89 Å². The highest BCUT2D eigenvalue weighted by Gasteiger charge is 2.19. The number of aromatic nitrogens is 1. The molecule has 1 aliphatic rings. The number of nitrogens with zero attached hydrogens (tertiary/aromatic N) is 2. The maximum absolute atomic E-state index is 5.91. The Bertz CT molecular complexity index is 607. The number of nitrogens with one attached hydrogen (secondary N) is 1. The van der Waals surface area contributed by atoms with Crippen LogP contribution >= 0.6 is 24.0 Å². The van der Waals surface area contributed by atoms with Gasteiger partial charge in [-0.3, -0.25) is 4.90 Å².